The van der Waals surface area contributed by atoms with E-state index in [-0.39, 0.29) is 11.0 Å². The van der Waals surface area contributed by atoms with Crippen molar-refractivity contribution in [2.75, 3.05) is 0 Å². The fraction of sp³-hybridized carbons (Fsp3) is 0.500. The summed E-state index contributed by atoms with van der Waals surface area (Å²) in [5, 5.41) is 0. The Kier molecular flexibility index (Phi) is 3.43. The second-order valence-corrected chi connectivity index (χ2v) is 7.68. The number of rotatable bonds is 2. The highest BCUT2D eigenvalue weighted by molar-refractivity contribution is 7.93. The maximum Gasteiger partial charge on any atom is 0.327 e. The van der Waals surface area contributed by atoms with E-state index >= 15 is 0 Å². The van der Waals surface area contributed by atoms with Gasteiger partial charge < -0.3 is 4.74 Å². The number of aryl methyl sites for hydroxylation is 1. The molecule has 1 heterocycles. The van der Waals surface area contributed by atoms with Gasteiger partial charge in [-0.15, -0.1) is 0 Å². The van der Waals surface area contributed by atoms with E-state index in [0.29, 0.717) is 12.8 Å². The van der Waals surface area contributed by atoms with Gasteiger partial charge in [-0.1, -0.05) is 17.7 Å². The number of carbonyl (C=O) groups excluding carboxylic acids is 1. The minimum atomic E-state index is -3.73. The summed E-state index contributed by atoms with van der Waals surface area (Å²) in [6.45, 7) is 5.11. The summed E-state index contributed by atoms with van der Waals surface area (Å²) in [4.78, 5) is 12.2. The van der Waals surface area contributed by atoms with Gasteiger partial charge in [0.25, 0.3) is 0 Å². The monoisotopic (exact) mass is 282 g/mol. The molecular formula is C14H18O4S. The molecule has 0 spiro atoms. The zero-order chi connectivity index (χ0) is 14.3. The van der Waals surface area contributed by atoms with Crippen LogP contribution in [0, 0.1) is 6.92 Å². The number of carbonyl (C=O) groups is 1. The standard InChI is InChI=1S/C14H18O4S/c1-10-4-6-12(7-5-10)19(16,17)14(3)9-8-11(2)18-13(14)15/h4-7,11H,8-9H2,1-3H3/t11-,14?/m0/s1. The number of cyclic esters (lactones) is 1. The molecule has 1 fully saturated rings. The Hall–Kier alpha value is -1.36. The lowest BCUT2D eigenvalue weighted by Gasteiger charge is -2.33. The average Bonchev–Trinajstić information content (AvgIpc) is 2.34. The molecular weight excluding hydrogens is 264 g/mol. The Balaban J connectivity index is 2.44. The van der Waals surface area contributed by atoms with Crippen LogP contribution >= 0.6 is 0 Å². The van der Waals surface area contributed by atoms with Gasteiger partial charge in [-0.05, 0) is 45.7 Å². The lowest BCUT2D eigenvalue weighted by Crippen LogP contribution is -2.49. The van der Waals surface area contributed by atoms with Gasteiger partial charge in [0, 0.05) is 0 Å². The molecule has 19 heavy (non-hydrogen) atoms. The van der Waals surface area contributed by atoms with E-state index in [1.54, 1.807) is 31.2 Å². The topological polar surface area (TPSA) is 60.4 Å². The predicted octanol–water partition coefficient (Wildman–Crippen LogP) is 2.25. The Labute approximate surface area is 113 Å². The zero-order valence-electron chi connectivity index (χ0n) is 11.3. The van der Waals surface area contributed by atoms with Crippen LogP contribution in [0.15, 0.2) is 29.2 Å². The van der Waals surface area contributed by atoms with Crippen LogP contribution in [0.3, 0.4) is 0 Å². The van der Waals surface area contributed by atoms with E-state index in [1.807, 2.05) is 6.92 Å². The summed E-state index contributed by atoms with van der Waals surface area (Å²) in [6, 6.07) is 6.54. The fourth-order valence-corrected chi connectivity index (χ4v) is 3.84. The van der Waals surface area contributed by atoms with Crippen LogP contribution in [0.2, 0.25) is 0 Å². The first-order valence-electron chi connectivity index (χ1n) is 6.30. The molecule has 104 valence electrons. The second-order valence-electron chi connectivity index (χ2n) is 5.30. The third-order valence-electron chi connectivity index (χ3n) is 3.69. The molecule has 1 saturated heterocycles. The number of benzene rings is 1. The van der Waals surface area contributed by atoms with Crippen molar-refractivity contribution in [3.05, 3.63) is 29.8 Å². The van der Waals surface area contributed by atoms with E-state index < -0.39 is 20.6 Å². The van der Waals surface area contributed by atoms with Gasteiger partial charge in [-0.2, -0.15) is 0 Å². The first-order valence-corrected chi connectivity index (χ1v) is 7.78. The third-order valence-corrected chi connectivity index (χ3v) is 6.14. The highest BCUT2D eigenvalue weighted by atomic mass is 32.2. The molecule has 0 aromatic heterocycles. The molecule has 5 heteroatoms. The zero-order valence-corrected chi connectivity index (χ0v) is 12.2. The van der Waals surface area contributed by atoms with Crippen molar-refractivity contribution in [2.24, 2.45) is 0 Å². The smallest absolute Gasteiger partial charge is 0.327 e. The fourth-order valence-electron chi connectivity index (χ4n) is 2.17. The first kappa shape index (κ1) is 14.1. The lowest BCUT2D eigenvalue weighted by molar-refractivity contribution is -0.156. The van der Waals surface area contributed by atoms with Crippen molar-refractivity contribution in [1.82, 2.24) is 0 Å². The molecule has 1 aliphatic heterocycles. The number of hydrogen-bond acceptors (Lipinski definition) is 4. The number of hydrogen-bond donors (Lipinski definition) is 0. The van der Waals surface area contributed by atoms with E-state index in [0.717, 1.165) is 5.56 Å². The van der Waals surface area contributed by atoms with Crippen LogP contribution in [0.1, 0.15) is 32.3 Å². The maximum absolute atomic E-state index is 12.6. The van der Waals surface area contributed by atoms with Crippen LogP contribution in [-0.2, 0) is 19.4 Å². The van der Waals surface area contributed by atoms with Gasteiger partial charge in [0.15, 0.2) is 14.6 Å². The van der Waals surface area contributed by atoms with Gasteiger partial charge in [-0.25, -0.2) is 8.42 Å². The summed E-state index contributed by atoms with van der Waals surface area (Å²) in [5.74, 6) is -0.646. The first-order chi connectivity index (χ1) is 8.77. The molecule has 0 saturated carbocycles. The van der Waals surface area contributed by atoms with Crippen LogP contribution in [0.25, 0.3) is 0 Å². The lowest BCUT2D eigenvalue weighted by atomic mass is 9.99. The quantitative estimate of drug-likeness (QED) is 0.781. The van der Waals surface area contributed by atoms with Crippen molar-refractivity contribution in [3.63, 3.8) is 0 Å². The molecule has 1 aromatic carbocycles. The van der Waals surface area contributed by atoms with Crippen LogP contribution in [0.5, 0.6) is 0 Å². The predicted molar refractivity (Wildman–Crippen MR) is 71.6 cm³/mol. The van der Waals surface area contributed by atoms with E-state index in [2.05, 4.69) is 0 Å². The molecule has 0 aliphatic carbocycles. The van der Waals surface area contributed by atoms with E-state index in [9.17, 15) is 13.2 Å². The van der Waals surface area contributed by atoms with Crippen molar-refractivity contribution in [1.29, 1.82) is 0 Å². The summed E-state index contributed by atoms with van der Waals surface area (Å²) < 4.78 is 28.9. The van der Waals surface area contributed by atoms with Gasteiger partial charge in [0.2, 0.25) is 0 Å². The summed E-state index contributed by atoms with van der Waals surface area (Å²) in [6.07, 6.45) is 0.644. The van der Waals surface area contributed by atoms with E-state index in [1.165, 1.54) is 6.92 Å². The maximum atomic E-state index is 12.6. The average molecular weight is 282 g/mol. The van der Waals surface area contributed by atoms with Crippen LogP contribution < -0.4 is 0 Å². The van der Waals surface area contributed by atoms with Gasteiger partial charge in [0.05, 0.1) is 11.0 Å². The molecule has 2 rings (SSSR count). The molecule has 0 radical (unpaired) electrons. The molecule has 0 N–H and O–H groups in total. The highest BCUT2D eigenvalue weighted by Gasteiger charge is 2.51. The van der Waals surface area contributed by atoms with Gasteiger partial charge in [0.1, 0.15) is 0 Å². The summed E-state index contributed by atoms with van der Waals surface area (Å²) in [7, 11) is -3.73. The molecule has 1 unspecified atom stereocenters. The molecule has 0 amide bonds. The highest BCUT2D eigenvalue weighted by Crippen LogP contribution is 2.35. The number of ether oxygens (including phenoxy) is 1. The Morgan fingerprint density at radius 3 is 2.37 bits per heavy atom. The third kappa shape index (κ3) is 2.27. The van der Waals surface area contributed by atoms with Crippen molar-refractivity contribution < 1.29 is 17.9 Å². The molecule has 1 aromatic rings. The Bertz CT molecular complexity index is 588. The van der Waals surface area contributed by atoms with Crippen LogP contribution in [0.4, 0.5) is 0 Å². The molecule has 2 atom stereocenters. The summed E-state index contributed by atoms with van der Waals surface area (Å²) in [5.41, 5.74) is 0.976. The number of sulfone groups is 1. The van der Waals surface area contributed by atoms with Gasteiger partial charge in [-0.3, -0.25) is 4.79 Å². The summed E-state index contributed by atoms with van der Waals surface area (Å²) >= 11 is 0. The molecule has 4 nitrogen and oxygen atoms in total. The van der Waals surface area contributed by atoms with Crippen molar-refractivity contribution >= 4 is 15.8 Å². The normalized spacial score (nSPS) is 27.9. The molecule has 0 bridgehead atoms. The second kappa shape index (κ2) is 4.63. The Morgan fingerprint density at radius 2 is 1.84 bits per heavy atom. The van der Waals surface area contributed by atoms with Gasteiger partial charge >= 0.3 is 5.97 Å². The molecule has 1 aliphatic rings. The van der Waals surface area contributed by atoms with E-state index in [4.69, 9.17) is 4.74 Å². The largest absolute Gasteiger partial charge is 0.461 e. The SMILES string of the molecule is Cc1ccc(S(=O)(=O)C2(C)CC[C@H](C)OC2=O)cc1. The number of esters is 1. The van der Waals surface area contributed by atoms with Crippen molar-refractivity contribution in [3.8, 4) is 0 Å². The van der Waals surface area contributed by atoms with Crippen LogP contribution in [-0.4, -0.2) is 25.2 Å². The van der Waals surface area contributed by atoms with Crippen molar-refractivity contribution in [2.45, 2.75) is 49.4 Å². The Morgan fingerprint density at radius 1 is 1.26 bits per heavy atom. The minimum absolute atomic E-state index is 0.173. The minimum Gasteiger partial charge on any atom is -0.461 e.